The van der Waals surface area contributed by atoms with Crippen LogP contribution < -0.4 is 5.32 Å². The Hall–Kier alpha value is -3.50. The summed E-state index contributed by atoms with van der Waals surface area (Å²) in [7, 11) is 0. The Morgan fingerprint density at radius 2 is 2.05 bits per heavy atom. The molecule has 2 aliphatic rings. The highest BCUT2D eigenvalue weighted by molar-refractivity contribution is 5.95. The summed E-state index contributed by atoms with van der Waals surface area (Å²) in [5.41, 5.74) is 1.58. The third kappa shape index (κ3) is 8.49. The van der Waals surface area contributed by atoms with Crippen molar-refractivity contribution in [1.29, 1.82) is 0 Å². The molecule has 0 spiro atoms. The van der Waals surface area contributed by atoms with Crippen molar-refractivity contribution in [1.82, 2.24) is 15.2 Å². The number of aromatic nitrogens is 1. The zero-order valence-corrected chi connectivity index (χ0v) is 22.8. The molecule has 0 radical (unpaired) electrons. The van der Waals surface area contributed by atoms with Crippen molar-refractivity contribution in [3.8, 4) is 0 Å². The van der Waals surface area contributed by atoms with Gasteiger partial charge in [0, 0.05) is 38.0 Å². The number of rotatable bonds is 2. The lowest BCUT2D eigenvalue weighted by molar-refractivity contribution is -0.159. The van der Waals surface area contributed by atoms with Gasteiger partial charge >= 0.3 is 5.97 Å². The summed E-state index contributed by atoms with van der Waals surface area (Å²) in [5.74, 6) is -1.79. The first kappa shape index (κ1) is 30.0. The highest BCUT2D eigenvalue weighted by atomic mass is 16.5. The minimum atomic E-state index is -0.793. The minimum absolute atomic E-state index is 0.0832. The number of carbonyl (C=O) groups excluding carboxylic acids is 3. The first-order valence-electron chi connectivity index (χ1n) is 13.3. The number of aliphatic hydroxyl groups is 2. The van der Waals surface area contributed by atoms with Gasteiger partial charge in [-0.1, -0.05) is 55.9 Å². The van der Waals surface area contributed by atoms with Gasteiger partial charge in [-0.2, -0.15) is 0 Å². The number of fused-ring (bicyclic) bond motifs is 3. The molecule has 1 fully saturated rings. The molecule has 3 rings (SSSR count). The average molecular weight is 542 g/mol. The Kier molecular flexibility index (Phi) is 10.8. The van der Waals surface area contributed by atoms with E-state index in [4.69, 9.17) is 9.15 Å². The standard InChI is InChI=1S/C29H39N3O7/c1-18-7-5-11-30-25(35)10-9-20(3)27(21(4)16-33)39-29(37)24-8-6-12-32(24)28(36)23-17-38-26(31-23)15-19(2)14-22(34)13-18/h5,7,9-10,13,17,20-22,24,27,33-34H,2,6,8,11-12,14-16H2,1,3-4H3,(H,30,35)/b7-5+,10-9+,18-13+. The van der Waals surface area contributed by atoms with Gasteiger partial charge in [0.25, 0.3) is 5.91 Å². The number of allylic oxidation sites excluding steroid dienone is 2. The summed E-state index contributed by atoms with van der Waals surface area (Å²) in [6, 6.07) is -0.793. The molecule has 0 aliphatic carbocycles. The molecule has 1 aromatic rings. The Balaban J connectivity index is 1.87. The second-order valence-corrected chi connectivity index (χ2v) is 10.3. The molecule has 0 aromatic carbocycles. The fourth-order valence-corrected chi connectivity index (χ4v) is 4.76. The molecule has 2 amide bonds. The smallest absolute Gasteiger partial charge is 0.329 e. The van der Waals surface area contributed by atoms with Crippen LogP contribution in [0.5, 0.6) is 0 Å². The normalized spacial score (nSPS) is 30.0. The van der Waals surface area contributed by atoms with Crippen molar-refractivity contribution in [3.05, 3.63) is 66.0 Å². The summed E-state index contributed by atoms with van der Waals surface area (Å²) in [5, 5.41) is 23.0. The molecular weight excluding hydrogens is 502 g/mol. The molecule has 1 aromatic heterocycles. The number of esters is 1. The topological polar surface area (TPSA) is 142 Å². The van der Waals surface area contributed by atoms with E-state index in [2.05, 4.69) is 16.9 Å². The third-order valence-electron chi connectivity index (χ3n) is 6.86. The van der Waals surface area contributed by atoms with E-state index in [1.165, 1.54) is 17.2 Å². The molecule has 1 saturated heterocycles. The predicted molar refractivity (Wildman–Crippen MR) is 144 cm³/mol. The van der Waals surface area contributed by atoms with Crippen LogP contribution in [0, 0.1) is 11.8 Å². The molecule has 5 unspecified atom stereocenters. The number of hydrogen-bond donors (Lipinski definition) is 3. The van der Waals surface area contributed by atoms with Gasteiger partial charge in [0.2, 0.25) is 5.91 Å². The van der Waals surface area contributed by atoms with E-state index in [1.54, 1.807) is 38.2 Å². The van der Waals surface area contributed by atoms with Crippen LogP contribution in [0.15, 0.2) is 58.8 Å². The monoisotopic (exact) mass is 541 g/mol. The van der Waals surface area contributed by atoms with Crippen molar-refractivity contribution in [3.63, 3.8) is 0 Å². The zero-order valence-electron chi connectivity index (χ0n) is 22.8. The molecule has 0 saturated carbocycles. The zero-order chi connectivity index (χ0) is 28.5. The first-order valence-corrected chi connectivity index (χ1v) is 13.3. The van der Waals surface area contributed by atoms with E-state index >= 15 is 0 Å². The summed E-state index contributed by atoms with van der Waals surface area (Å²) in [6.07, 6.45) is 9.67. The lowest BCUT2D eigenvalue weighted by Crippen LogP contribution is -2.44. The quantitative estimate of drug-likeness (QED) is 0.383. The van der Waals surface area contributed by atoms with Gasteiger partial charge in [-0.05, 0) is 32.3 Å². The molecule has 39 heavy (non-hydrogen) atoms. The van der Waals surface area contributed by atoms with Crippen LogP contribution in [0.4, 0.5) is 0 Å². The number of oxazole rings is 1. The van der Waals surface area contributed by atoms with Gasteiger partial charge < -0.3 is 29.6 Å². The van der Waals surface area contributed by atoms with Crippen molar-refractivity contribution >= 4 is 17.8 Å². The van der Waals surface area contributed by atoms with E-state index in [9.17, 15) is 24.6 Å². The highest BCUT2D eigenvalue weighted by Gasteiger charge is 2.39. The second kappa shape index (κ2) is 14.0. The number of carbonyl (C=O) groups is 3. The maximum atomic E-state index is 13.2. The van der Waals surface area contributed by atoms with Crippen molar-refractivity contribution in [2.75, 3.05) is 19.7 Å². The van der Waals surface area contributed by atoms with Crippen LogP contribution >= 0.6 is 0 Å². The van der Waals surface area contributed by atoms with Gasteiger partial charge in [0.05, 0.1) is 6.10 Å². The van der Waals surface area contributed by atoms with E-state index < -0.39 is 36.0 Å². The molecule has 10 heteroatoms. The lowest BCUT2D eigenvalue weighted by atomic mass is 9.93. The van der Waals surface area contributed by atoms with Crippen molar-refractivity contribution < 1.29 is 33.8 Å². The summed E-state index contributed by atoms with van der Waals surface area (Å²) in [6.45, 7) is 9.84. The number of ether oxygens (including phenoxy) is 1. The van der Waals surface area contributed by atoms with E-state index in [0.717, 1.165) is 5.57 Å². The lowest BCUT2D eigenvalue weighted by Gasteiger charge is -2.30. The number of nitrogens with one attached hydrogen (secondary N) is 1. The Morgan fingerprint density at radius 1 is 1.28 bits per heavy atom. The molecule has 3 N–H and O–H groups in total. The molecule has 3 heterocycles. The van der Waals surface area contributed by atoms with Gasteiger partial charge in [-0.3, -0.25) is 9.59 Å². The van der Waals surface area contributed by atoms with Crippen molar-refractivity contribution in [2.24, 2.45) is 11.8 Å². The number of hydrogen-bond acceptors (Lipinski definition) is 8. The summed E-state index contributed by atoms with van der Waals surface area (Å²) in [4.78, 5) is 44.5. The number of amides is 2. The van der Waals surface area contributed by atoms with Crippen LogP contribution in [-0.2, 0) is 20.7 Å². The Labute approximate surface area is 229 Å². The molecule has 5 atom stereocenters. The maximum absolute atomic E-state index is 13.2. The Bertz CT molecular complexity index is 1140. The Morgan fingerprint density at radius 3 is 2.79 bits per heavy atom. The highest BCUT2D eigenvalue weighted by Crippen LogP contribution is 2.25. The summed E-state index contributed by atoms with van der Waals surface area (Å²) >= 11 is 0. The summed E-state index contributed by atoms with van der Waals surface area (Å²) < 4.78 is 11.3. The minimum Gasteiger partial charge on any atom is -0.460 e. The fourth-order valence-electron chi connectivity index (χ4n) is 4.76. The van der Waals surface area contributed by atoms with Crippen LogP contribution in [0.1, 0.15) is 56.4 Å². The van der Waals surface area contributed by atoms with E-state index in [1.807, 2.05) is 6.92 Å². The third-order valence-corrected chi connectivity index (χ3v) is 6.86. The van der Waals surface area contributed by atoms with Gasteiger partial charge in [-0.15, -0.1) is 0 Å². The van der Waals surface area contributed by atoms with Crippen LogP contribution in [0.3, 0.4) is 0 Å². The van der Waals surface area contributed by atoms with E-state index in [0.29, 0.717) is 30.9 Å². The maximum Gasteiger partial charge on any atom is 0.329 e. The number of nitrogens with zero attached hydrogens (tertiary/aromatic N) is 2. The predicted octanol–water partition coefficient (Wildman–Crippen LogP) is 2.49. The molecular formula is C29H39N3O7. The van der Waals surface area contributed by atoms with Crippen LogP contribution in [0.25, 0.3) is 0 Å². The van der Waals surface area contributed by atoms with Gasteiger partial charge in [-0.25, -0.2) is 9.78 Å². The van der Waals surface area contributed by atoms with Gasteiger partial charge in [0.1, 0.15) is 18.4 Å². The molecule has 2 aliphatic heterocycles. The van der Waals surface area contributed by atoms with Crippen LogP contribution in [-0.4, -0.2) is 75.8 Å². The van der Waals surface area contributed by atoms with Gasteiger partial charge in [0.15, 0.2) is 11.6 Å². The SMILES string of the molecule is C=C1Cc2nc(co2)C(=O)N2CCCC2C(=O)OC(C(C)CO)C(C)/C=C/C(=O)NC/C=C/C(C)=C/C(O)C1. The molecule has 2 bridgehead atoms. The molecule has 212 valence electrons. The van der Waals surface area contributed by atoms with Crippen LogP contribution in [0.2, 0.25) is 0 Å². The number of cyclic esters (lactones) is 1. The largest absolute Gasteiger partial charge is 0.460 e. The molecule has 10 nitrogen and oxygen atoms in total. The first-order chi connectivity index (χ1) is 18.6. The number of aliphatic hydroxyl groups excluding tert-OH is 2. The van der Waals surface area contributed by atoms with E-state index in [-0.39, 0.29) is 43.5 Å². The second-order valence-electron chi connectivity index (χ2n) is 10.3. The average Bonchev–Trinajstić information content (AvgIpc) is 3.57. The van der Waals surface area contributed by atoms with Crippen molar-refractivity contribution in [2.45, 2.75) is 64.7 Å². The fraction of sp³-hybridized carbons (Fsp3) is 0.517.